The fourth-order valence-corrected chi connectivity index (χ4v) is 4.29. The Morgan fingerprint density at radius 3 is 1.83 bits per heavy atom. The molecule has 0 aromatic carbocycles. The molecule has 0 unspecified atom stereocenters. The predicted molar refractivity (Wildman–Crippen MR) is 54.7 cm³/mol. The SMILES string of the molecule is ClI(c1ccoc1)c1ccoc1. The van der Waals surface area contributed by atoms with E-state index in [-0.39, 0.29) is 0 Å². The van der Waals surface area contributed by atoms with Crippen LogP contribution in [0.2, 0.25) is 0 Å². The van der Waals surface area contributed by atoms with Crippen LogP contribution in [0.1, 0.15) is 0 Å². The van der Waals surface area contributed by atoms with Crippen molar-refractivity contribution in [2.75, 3.05) is 0 Å². The van der Waals surface area contributed by atoms with Gasteiger partial charge in [-0.25, -0.2) is 0 Å². The van der Waals surface area contributed by atoms with Crippen LogP contribution in [0.4, 0.5) is 0 Å². The van der Waals surface area contributed by atoms with E-state index in [0.29, 0.717) is 0 Å². The summed E-state index contributed by atoms with van der Waals surface area (Å²) in [4.78, 5) is 0. The van der Waals surface area contributed by atoms with E-state index in [1.807, 2.05) is 12.1 Å². The molecule has 12 heavy (non-hydrogen) atoms. The summed E-state index contributed by atoms with van der Waals surface area (Å²) in [7, 11) is 6.25. The summed E-state index contributed by atoms with van der Waals surface area (Å²) >= 11 is -1.71. The zero-order valence-corrected chi connectivity index (χ0v) is 8.95. The van der Waals surface area contributed by atoms with Gasteiger partial charge in [0.15, 0.2) is 0 Å². The Hall–Kier alpha value is -0.420. The molecule has 0 fully saturated rings. The summed E-state index contributed by atoms with van der Waals surface area (Å²) < 4.78 is 12.1. The molecule has 2 nitrogen and oxygen atoms in total. The summed E-state index contributed by atoms with van der Waals surface area (Å²) in [5.74, 6) is 0. The van der Waals surface area contributed by atoms with Crippen LogP contribution in [0.5, 0.6) is 0 Å². The Balaban J connectivity index is 2.27. The zero-order valence-electron chi connectivity index (χ0n) is 6.04. The average molecular weight is 296 g/mol. The molecule has 0 bridgehead atoms. The van der Waals surface area contributed by atoms with Crippen molar-refractivity contribution in [3.63, 3.8) is 0 Å². The Kier molecular flexibility index (Phi) is 2.41. The molecule has 0 saturated carbocycles. The molecule has 0 N–H and O–H groups in total. The van der Waals surface area contributed by atoms with Crippen LogP contribution in [0.15, 0.2) is 46.0 Å². The molecule has 0 atom stereocenters. The van der Waals surface area contributed by atoms with Gasteiger partial charge in [-0.3, -0.25) is 0 Å². The molecule has 64 valence electrons. The molecule has 0 spiro atoms. The first-order chi connectivity index (χ1) is 5.88. The minimum absolute atomic E-state index is 1.10. The van der Waals surface area contributed by atoms with Crippen molar-refractivity contribution >= 4 is 27.6 Å². The maximum atomic E-state index is 6.25. The van der Waals surface area contributed by atoms with E-state index in [1.165, 1.54) is 0 Å². The number of halogens is 2. The Labute approximate surface area is 80.6 Å². The molecule has 2 aromatic heterocycles. The summed E-state index contributed by atoms with van der Waals surface area (Å²) in [6, 6.07) is 3.82. The third-order valence-corrected chi connectivity index (χ3v) is 6.98. The molecule has 4 heteroatoms. The molecule has 2 aromatic rings. The average Bonchev–Trinajstić information content (AvgIpc) is 2.77. The first kappa shape index (κ1) is 8.19. The fourth-order valence-electron chi connectivity index (χ4n) is 0.811. The molecule has 2 rings (SSSR count). The third kappa shape index (κ3) is 1.51. The second kappa shape index (κ2) is 3.53. The van der Waals surface area contributed by atoms with E-state index in [2.05, 4.69) is 0 Å². The van der Waals surface area contributed by atoms with Crippen LogP contribution >= 0.6 is 27.6 Å². The maximum absolute atomic E-state index is 6.25. The molecule has 0 aliphatic heterocycles. The van der Waals surface area contributed by atoms with Crippen LogP contribution in [-0.2, 0) is 0 Å². The van der Waals surface area contributed by atoms with Gasteiger partial charge in [-0.1, -0.05) is 0 Å². The van der Waals surface area contributed by atoms with Gasteiger partial charge in [0, 0.05) is 0 Å². The molecule has 0 saturated heterocycles. The quantitative estimate of drug-likeness (QED) is 0.792. The summed E-state index contributed by atoms with van der Waals surface area (Å²) in [6.07, 6.45) is 6.68. The molecule has 2 heterocycles. The van der Waals surface area contributed by atoms with Crippen molar-refractivity contribution < 1.29 is 8.83 Å². The van der Waals surface area contributed by atoms with Gasteiger partial charge in [0.05, 0.1) is 0 Å². The monoisotopic (exact) mass is 296 g/mol. The van der Waals surface area contributed by atoms with E-state index in [1.54, 1.807) is 25.1 Å². The van der Waals surface area contributed by atoms with Crippen LogP contribution in [0.25, 0.3) is 0 Å². The normalized spacial score (nSPS) is 11.6. The van der Waals surface area contributed by atoms with Gasteiger partial charge in [-0.05, 0) is 0 Å². The summed E-state index contributed by atoms with van der Waals surface area (Å²) in [5.41, 5.74) is 0. The van der Waals surface area contributed by atoms with E-state index < -0.39 is 18.7 Å². The van der Waals surface area contributed by atoms with Crippen molar-refractivity contribution in [3.05, 3.63) is 44.3 Å². The van der Waals surface area contributed by atoms with Gasteiger partial charge < -0.3 is 0 Å². The molecular weight excluding hydrogens is 290 g/mol. The molecule has 0 aliphatic rings. The molecule has 0 amide bonds. The standard InChI is InChI=1S/C8H6ClIO2/c9-10(7-1-3-11-5-7)8-2-4-12-6-8/h1-6H. The molecule has 0 aliphatic carbocycles. The van der Waals surface area contributed by atoms with Gasteiger partial charge in [0.2, 0.25) is 0 Å². The minimum atomic E-state index is -1.71. The van der Waals surface area contributed by atoms with Crippen LogP contribution < -0.4 is 0 Å². The predicted octanol–water partition coefficient (Wildman–Crippen LogP) is 3.57. The van der Waals surface area contributed by atoms with E-state index in [0.717, 1.165) is 7.14 Å². The number of hydrogen-bond donors (Lipinski definition) is 0. The van der Waals surface area contributed by atoms with Crippen LogP contribution in [-0.4, -0.2) is 0 Å². The van der Waals surface area contributed by atoms with Gasteiger partial charge in [0.25, 0.3) is 0 Å². The topological polar surface area (TPSA) is 26.3 Å². The first-order valence-corrected chi connectivity index (χ1v) is 8.17. The van der Waals surface area contributed by atoms with Crippen molar-refractivity contribution in [2.45, 2.75) is 0 Å². The van der Waals surface area contributed by atoms with Crippen LogP contribution in [0.3, 0.4) is 0 Å². The fraction of sp³-hybridized carbons (Fsp3) is 0. The molecular formula is C8H6ClIO2. The summed E-state index contributed by atoms with van der Waals surface area (Å²) in [5, 5.41) is 0. The summed E-state index contributed by atoms with van der Waals surface area (Å²) in [6.45, 7) is 0. The number of furan rings is 2. The van der Waals surface area contributed by atoms with E-state index >= 15 is 0 Å². The Morgan fingerprint density at radius 1 is 1.00 bits per heavy atom. The van der Waals surface area contributed by atoms with E-state index in [4.69, 9.17) is 17.7 Å². The second-order valence-electron chi connectivity index (χ2n) is 2.12. The Morgan fingerprint density at radius 2 is 1.50 bits per heavy atom. The van der Waals surface area contributed by atoms with Gasteiger partial charge in [-0.2, -0.15) is 0 Å². The third-order valence-electron chi connectivity index (χ3n) is 1.36. The van der Waals surface area contributed by atoms with Crippen molar-refractivity contribution in [2.24, 2.45) is 0 Å². The van der Waals surface area contributed by atoms with Crippen molar-refractivity contribution in [1.29, 1.82) is 0 Å². The number of rotatable bonds is 2. The van der Waals surface area contributed by atoms with E-state index in [9.17, 15) is 0 Å². The van der Waals surface area contributed by atoms with Crippen LogP contribution in [0, 0.1) is 7.14 Å². The van der Waals surface area contributed by atoms with Gasteiger partial charge in [-0.15, -0.1) is 0 Å². The first-order valence-electron chi connectivity index (χ1n) is 3.28. The zero-order chi connectivity index (χ0) is 8.39. The number of hydrogen-bond acceptors (Lipinski definition) is 2. The molecule has 0 radical (unpaired) electrons. The second-order valence-corrected chi connectivity index (χ2v) is 7.88. The van der Waals surface area contributed by atoms with Crippen molar-refractivity contribution in [3.8, 4) is 0 Å². The Bertz CT molecular complexity index is 294. The van der Waals surface area contributed by atoms with Gasteiger partial charge >= 0.3 is 80.8 Å². The van der Waals surface area contributed by atoms with Gasteiger partial charge in [0.1, 0.15) is 0 Å². The van der Waals surface area contributed by atoms with Crippen molar-refractivity contribution in [1.82, 2.24) is 0 Å².